The first kappa shape index (κ1) is 26.0. The molecule has 0 unspecified atom stereocenters. The highest BCUT2D eigenvalue weighted by atomic mass is 35.5. The molecule has 1 amide bonds. The Labute approximate surface area is 204 Å². The molecule has 0 aliphatic heterocycles. The van der Waals surface area contributed by atoms with Crippen molar-refractivity contribution in [2.45, 2.75) is 64.1 Å². The predicted molar refractivity (Wildman–Crippen MR) is 130 cm³/mol. The lowest BCUT2D eigenvalue weighted by molar-refractivity contribution is -0.147. The van der Waals surface area contributed by atoms with Crippen LogP contribution in [-0.2, 0) is 16.1 Å². The lowest BCUT2D eigenvalue weighted by atomic mass is 9.98. The molecular formula is C26H32ClFN2O4. The van der Waals surface area contributed by atoms with Gasteiger partial charge in [-0.15, -0.1) is 0 Å². The smallest absolute Gasteiger partial charge is 0.323 e. The van der Waals surface area contributed by atoms with Gasteiger partial charge >= 0.3 is 5.97 Å². The molecule has 184 valence electrons. The van der Waals surface area contributed by atoms with Crippen molar-refractivity contribution in [3.63, 3.8) is 0 Å². The summed E-state index contributed by atoms with van der Waals surface area (Å²) < 4.78 is 14.3. The molecule has 0 radical (unpaired) electrons. The number of carbonyl (C=O) groups excluding carboxylic acids is 1. The van der Waals surface area contributed by atoms with Crippen molar-refractivity contribution in [2.24, 2.45) is 5.92 Å². The van der Waals surface area contributed by atoms with Crippen molar-refractivity contribution in [3.8, 4) is 0 Å². The molecule has 3 rings (SSSR count). The largest absolute Gasteiger partial charge is 0.480 e. The van der Waals surface area contributed by atoms with Crippen LogP contribution in [0.4, 0.5) is 10.1 Å². The number of anilines is 1. The third-order valence-corrected chi connectivity index (χ3v) is 6.78. The van der Waals surface area contributed by atoms with Gasteiger partial charge < -0.3 is 20.4 Å². The fourth-order valence-corrected chi connectivity index (χ4v) is 4.61. The zero-order valence-corrected chi connectivity index (χ0v) is 20.3. The summed E-state index contributed by atoms with van der Waals surface area (Å²) >= 11 is 6.10. The van der Waals surface area contributed by atoms with Crippen molar-refractivity contribution >= 4 is 29.2 Å². The molecule has 0 aromatic heterocycles. The van der Waals surface area contributed by atoms with Crippen LogP contribution in [0.1, 0.15) is 56.6 Å². The second kappa shape index (κ2) is 11.7. The lowest BCUT2D eigenvalue weighted by Gasteiger charge is -2.26. The van der Waals surface area contributed by atoms with Crippen molar-refractivity contribution in [2.75, 3.05) is 11.9 Å². The highest BCUT2D eigenvalue weighted by molar-refractivity contribution is 6.31. The van der Waals surface area contributed by atoms with E-state index < -0.39 is 30.4 Å². The molecular weight excluding hydrogens is 459 g/mol. The van der Waals surface area contributed by atoms with E-state index in [2.05, 4.69) is 31.3 Å². The number of nitrogens with zero attached hydrogens (tertiary/aromatic N) is 1. The quantitative estimate of drug-likeness (QED) is 0.451. The Kier molecular flexibility index (Phi) is 8.91. The van der Waals surface area contributed by atoms with Gasteiger partial charge in [-0.2, -0.15) is 0 Å². The fraction of sp³-hybridized carbons (Fsp3) is 0.462. The average molecular weight is 491 g/mol. The van der Waals surface area contributed by atoms with E-state index in [4.69, 9.17) is 11.6 Å². The third-order valence-electron chi connectivity index (χ3n) is 6.43. The summed E-state index contributed by atoms with van der Waals surface area (Å²) in [6, 6.07) is 12.1. The van der Waals surface area contributed by atoms with Crippen LogP contribution in [0.15, 0.2) is 42.5 Å². The Hall–Kier alpha value is -2.64. The SMILES string of the molecule is CC(C)c1ccc(N[C@H]2CC[C@@H](C(=O)N(CC(=O)O)Cc3c(F)cccc3Cl)CC[C@@H]2O)cc1. The molecule has 6 nitrogen and oxygen atoms in total. The fourth-order valence-electron chi connectivity index (χ4n) is 4.39. The molecule has 1 aliphatic carbocycles. The van der Waals surface area contributed by atoms with Crippen molar-refractivity contribution in [3.05, 3.63) is 64.4 Å². The number of carboxylic acid groups (broad SMARTS) is 1. The molecule has 34 heavy (non-hydrogen) atoms. The number of amides is 1. The van der Waals surface area contributed by atoms with Gasteiger partial charge in [-0.05, 0) is 61.4 Å². The van der Waals surface area contributed by atoms with Gasteiger partial charge in [0.25, 0.3) is 0 Å². The number of halogens is 2. The Morgan fingerprint density at radius 3 is 2.41 bits per heavy atom. The number of aliphatic carboxylic acids is 1. The van der Waals surface area contributed by atoms with E-state index >= 15 is 0 Å². The van der Waals surface area contributed by atoms with E-state index in [1.807, 2.05) is 12.1 Å². The number of carboxylic acids is 1. The molecule has 2 aromatic carbocycles. The maximum Gasteiger partial charge on any atom is 0.323 e. The number of rotatable bonds is 8. The maximum atomic E-state index is 14.3. The highest BCUT2D eigenvalue weighted by Crippen LogP contribution is 2.29. The number of hydrogen-bond acceptors (Lipinski definition) is 4. The molecule has 0 saturated heterocycles. The number of carbonyl (C=O) groups is 2. The van der Waals surface area contributed by atoms with E-state index in [1.54, 1.807) is 0 Å². The molecule has 0 bridgehead atoms. The molecule has 0 heterocycles. The summed E-state index contributed by atoms with van der Waals surface area (Å²) in [5.41, 5.74) is 2.22. The van der Waals surface area contributed by atoms with E-state index in [-0.39, 0.29) is 29.1 Å². The van der Waals surface area contributed by atoms with Crippen LogP contribution < -0.4 is 5.32 Å². The topological polar surface area (TPSA) is 89.9 Å². The first-order valence-electron chi connectivity index (χ1n) is 11.6. The third kappa shape index (κ3) is 6.70. The molecule has 8 heteroatoms. The Bertz CT molecular complexity index is 979. The molecule has 3 atom stereocenters. The molecule has 1 fully saturated rings. The van der Waals surface area contributed by atoms with Gasteiger partial charge in [0.05, 0.1) is 18.7 Å². The van der Waals surface area contributed by atoms with Gasteiger partial charge in [0.15, 0.2) is 0 Å². The molecule has 1 aliphatic rings. The summed E-state index contributed by atoms with van der Waals surface area (Å²) in [6.07, 6.45) is 1.21. The molecule has 0 spiro atoms. The van der Waals surface area contributed by atoms with Crippen LogP contribution in [0.25, 0.3) is 0 Å². The summed E-state index contributed by atoms with van der Waals surface area (Å²) in [6.45, 7) is 3.48. The average Bonchev–Trinajstić information content (AvgIpc) is 2.97. The van der Waals surface area contributed by atoms with Crippen LogP contribution in [-0.4, -0.2) is 45.7 Å². The number of aliphatic hydroxyl groups excluding tert-OH is 1. The van der Waals surface area contributed by atoms with Gasteiger partial charge in [-0.25, -0.2) is 4.39 Å². The monoisotopic (exact) mass is 490 g/mol. The standard InChI is InChI=1S/C26H32ClFN2O4/c1-16(2)17-6-10-19(11-7-17)29-23-12-8-18(9-13-24(23)31)26(34)30(15-25(32)33)14-20-21(27)4-3-5-22(20)28/h3-7,10-11,16,18,23-24,29,31H,8-9,12-15H2,1-2H3,(H,32,33)/t18-,23+,24+/m1/s1. The predicted octanol–water partition coefficient (Wildman–Crippen LogP) is 5.05. The zero-order valence-electron chi connectivity index (χ0n) is 19.5. The molecule has 3 N–H and O–H groups in total. The number of aliphatic hydroxyl groups is 1. The highest BCUT2D eigenvalue weighted by Gasteiger charge is 2.32. The van der Waals surface area contributed by atoms with E-state index in [9.17, 15) is 24.2 Å². The van der Waals surface area contributed by atoms with Gasteiger partial charge in [-0.3, -0.25) is 9.59 Å². The van der Waals surface area contributed by atoms with E-state index in [1.165, 1.54) is 23.8 Å². The first-order valence-corrected chi connectivity index (χ1v) is 12.0. The van der Waals surface area contributed by atoms with Crippen LogP contribution in [0.5, 0.6) is 0 Å². The second-order valence-corrected chi connectivity index (χ2v) is 9.64. The van der Waals surface area contributed by atoms with Gasteiger partial charge in [0, 0.05) is 22.2 Å². The minimum atomic E-state index is -1.18. The van der Waals surface area contributed by atoms with Crippen LogP contribution >= 0.6 is 11.6 Å². The molecule has 2 aromatic rings. The van der Waals surface area contributed by atoms with Crippen LogP contribution in [0.3, 0.4) is 0 Å². The normalized spacial score (nSPS) is 20.6. The lowest BCUT2D eigenvalue weighted by Crippen LogP contribution is -2.39. The van der Waals surface area contributed by atoms with Crippen LogP contribution in [0, 0.1) is 11.7 Å². The summed E-state index contributed by atoms with van der Waals surface area (Å²) in [7, 11) is 0. The number of hydrogen-bond donors (Lipinski definition) is 3. The first-order chi connectivity index (χ1) is 16.2. The Morgan fingerprint density at radius 2 is 1.79 bits per heavy atom. The van der Waals surface area contributed by atoms with E-state index in [0.717, 1.165) is 10.6 Å². The number of nitrogens with one attached hydrogen (secondary N) is 1. The Morgan fingerprint density at radius 1 is 1.12 bits per heavy atom. The van der Waals surface area contributed by atoms with Crippen molar-refractivity contribution in [1.29, 1.82) is 0 Å². The maximum absolute atomic E-state index is 14.3. The Balaban J connectivity index is 1.69. The minimum Gasteiger partial charge on any atom is -0.480 e. The minimum absolute atomic E-state index is 0.0943. The van der Waals surface area contributed by atoms with Crippen molar-refractivity contribution < 1.29 is 24.2 Å². The summed E-state index contributed by atoms with van der Waals surface area (Å²) in [5, 5.41) is 23.6. The van der Waals surface area contributed by atoms with Crippen molar-refractivity contribution in [1.82, 2.24) is 4.90 Å². The van der Waals surface area contributed by atoms with Gasteiger partial charge in [0.2, 0.25) is 5.91 Å². The summed E-state index contributed by atoms with van der Waals surface area (Å²) in [4.78, 5) is 25.8. The van der Waals surface area contributed by atoms with Gasteiger partial charge in [0.1, 0.15) is 12.4 Å². The van der Waals surface area contributed by atoms with E-state index in [0.29, 0.717) is 31.6 Å². The summed E-state index contributed by atoms with van der Waals surface area (Å²) in [5.74, 6) is -2.17. The number of benzene rings is 2. The molecule has 1 saturated carbocycles. The second-order valence-electron chi connectivity index (χ2n) is 9.23. The zero-order chi connectivity index (χ0) is 24.8. The van der Waals surface area contributed by atoms with Crippen LogP contribution in [0.2, 0.25) is 5.02 Å². The van der Waals surface area contributed by atoms with Gasteiger partial charge in [-0.1, -0.05) is 43.6 Å².